The summed E-state index contributed by atoms with van der Waals surface area (Å²) >= 11 is 5.89. The van der Waals surface area contributed by atoms with Gasteiger partial charge in [-0.2, -0.15) is 0 Å². The van der Waals surface area contributed by atoms with Crippen molar-refractivity contribution in [3.8, 4) is 5.75 Å². The van der Waals surface area contributed by atoms with Crippen LogP contribution in [0, 0.1) is 0 Å². The molecule has 5 heteroatoms. The first-order chi connectivity index (χ1) is 8.99. The fraction of sp³-hybridized carbons (Fsp3) is 0.500. The van der Waals surface area contributed by atoms with Gasteiger partial charge in [0.15, 0.2) is 0 Å². The fourth-order valence-corrected chi connectivity index (χ4v) is 2.58. The smallest absolute Gasteiger partial charge is 0.257 e. The van der Waals surface area contributed by atoms with E-state index in [1.807, 2.05) is 14.1 Å². The van der Waals surface area contributed by atoms with E-state index in [2.05, 4.69) is 4.90 Å². The molecular formula is C14H19ClN2O2. The van der Waals surface area contributed by atoms with Crippen LogP contribution < -0.4 is 0 Å². The Bertz CT molecular complexity index is 477. The molecule has 19 heavy (non-hydrogen) atoms. The summed E-state index contributed by atoms with van der Waals surface area (Å²) in [6.07, 6.45) is 2.08. The number of piperidine rings is 1. The maximum Gasteiger partial charge on any atom is 0.257 e. The minimum Gasteiger partial charge on any atom is -0.507 e. The van der Waals surface area contributed by atoms with E-state index in [4.69, 9.17) is 11.6 Å². The Labute approximate surface area is 118 Å². The van der Waals surface area contributed by atoms with Gasteiger partial charge in [0, 0.05) is 24.2 Å². The molecule has 1 aromatic rings. The van der Waals surface area contributed by atoms with Crippen LogP contribution in [0.15, 0.2) is 18.2 Å². The van der Waals surface area contributed by atoms with Gasteiger partial charge in [-0.1, -0.05) is 11.6 Å². The van der Waals surface area contributed by atoms with Crippen molar-refractivity contribution in [1.82, 2.24) is 9.80 Å². The zero-order valence-corrected chi connectivity index (χ0v) is 12.0. The maximum atomic E-state index is 12.4. The number of rotatable bonds is 2. The van der Waals surface area contributed by atoms with Gasteiger partial charge in [-0.05, 0) is 45.1 Å². The standard InChI is InChI=1S/C14H19ClN2O2/c1-16(2)11-4-3-7-17(9-11)14(19)12-8-10(15)5-6-13(12)18/h5-6,8,11,18H,3-4,7,9H2,1-2H3. The van der Waals surface area contributed by atoms with Crippen LogP contribution in [0.2, 0.25) is 5.02 Å². The van der Waals surface area contributed by atoms with Crippen molar-refractivity contribution < 1.29 is 9.90 Å². The van der Waals surface area contributed by atoms with Gasteiger partial charge in [0.2, 0.25) is 0 Å². The lowest BCUT2D eigenvalue weighted by molar-refractivity contribution is 0.0632. The molecule has 1 saturated heterocycles. The van der Waals surface area contributed by atoms with Crippen molar-refractivity contribution in [3.05, 3.63) is 28.8 Å². The number of phenols is 1. The number of aromatic hydroxyl groups is 1. The monoisotopic (exact) mass is 282 g/mol. The summed E-state index contributed by atoms with van der Waals surface area (Å²) < 4.78 is 0. The van der Waals surface area contributed by atoms with Crippen molar-refractivity contribution in [2.75, 3.05) is 27.2 Å². The van der Waals surface area contributed by atoms with Crippen molar-refractivity contribution in [2.45, 2.75) is 18.9 Å². The highest BCUT2D eigenvalue weighted by molar-refractivity contribution is 6.31. The van der Waals surface area contributed by atoms with Gasteiger partial charge in [0.1, 0.15) is 5.75 Å². The van der Waals surface area contributed by atoms with E-state index in [1.165, 1.54) is 12.1 Å². The average Bonchev–Trinajstić information content (AvgIpc) is 2.41. The quantitative estimate of drug-likeness (QED) is 0.904. The molecule has 1 aromatic carbocycles. The highest BCUT2D eigenvalue weighted by Crippen LogP contribution is 2.24. The number of carbonyl (C=O) groups excluding carboxylic acids is 1. The lowest BCUT2D eigenvalue weighted by Crippen LogP contribution is -2.47. The van der Waals surface area contributed by atoms with Gasteiger partial charge in [-0.3, -0.25) is 4.79 Å². The molecule has 1 aliphatic heterocycles. The van der Waals surface area contributed by atoms with Gasteiger partial charge in [0.25, 0.3) is 5.91 Å². The third-order valence-electron chi connectivity index (χ3n) is 3.60. The number of carbonyl (C=O) groups is 1. The van der Waals surface area contributed by atoms with Crippen molar-refractivity contribution >= 4 is 17.5 Å². The number of likely N-dealkylation sites (tertiary alicyclic amines) is 1. The molecule has 1 atom stereocenters. The Balaban J connectivity index is 2.17. The maximum absolute atomic E-state index is 12.4. The summed E-state index contributed by atoms with van der Waals surface area (Å²) in [5.41, 5.74) is 0.284. The number of hydrogen-bond donors (Lipinski definition) is 1. The highest BCUT2D eigenvalue weighted by atomic mass is 35.5. The second-order valence-corrected chi connectivity index (χ2v) is 5.61. The number of likely N-dealkylation sites (N-methyl/N-ethyl adjacent to an activating group) is 1. The van der Waals surface area contributed by atoms with Crippen LogP contribution in [0.4, 0.5) is 0 Å². The molecule has 2 rings (SSSR count). The van der Waals surface area contributed by atoms with Crippen LogP contribution in [-0.4, -0.2) is 54.0 Å². The Morgan fingerprint density at radius 2 is 2.21 bits per heavy atom. The Hall–Kier alpha value is -1.26. The summed E-state index contributed by atoms with van der Waals surface area (Å²) in [6, 6.07) is 4.94. The van der Waals surface area contributed by atoms with Crippen LogP contribution in [0.5, 0.6) is 5.75 Å². The van der Waals surface area contributed by atoms with Crippen LogP contribution in [-0.2, 0) is 0 Å². The van der Waals surface area contributed by atoms with E-state index in [0.717, 1.165) is 19.4 Å². The Morgan fingerprint density at radius 3 is 2.89 bits per heavy atom. The molecule has 104 valence electrons. The molecule has 1 aliphatic rings. The summed E-state index contributed by atoms with van der Waals surface area (Å²) in [7, 11) is 4.05. The predicted molar refractivity (Wildman–Crippen MR) is 75.7 cm³/mol. The molecule has 1 unspecified atom stereocenters. The second kappa shape index (κ2) is 5.80. The molecular weight excluding hydrogens is 264 g/mol. The SMILES string of the molecule is CN(C)C1CCCN(C(=O)c2cc(Cl)ccc2O)C1. The van der Waals surface area contributed by atoms with Crippen molar-refractivity contribution in [2.24, 2.45) is 0 Å². The summed E-state index contributed by atoms with van der Waals surface area (Å²) in [4.78, 5) is 16.4. The van der Waals surface area contributed by atoms with Gasteiger partial charge in [-0.25, -0.2) is 0 Å². The average molecular weight is 283 g/mol. The Kier molecular flexibility index (Phi) is 4.32. The van der Waals surface area contributed by atoms with E-state index >= 15 is 0 Å². The minimum atomic E-state index is -0.147. The minimum absolute atomic E-state index is 0.0126. The van der Waals surface area contributed by atoms with Crippen LogP contribution in [0.3, 0.4) is 0 Å². The lowest BCUT2D eigenvalue weighted by atomic mass is 10.0. The number of nitrogens with zero attached hydrogens (tertiary/aromatic N) is 2. The molecule has 0 aliphatic carbocycles. The molecule has 1 heterocycles. The highest BCUT2D eigenvalue weighted by Gasteiger charge is 2.26. The van der Waals surface area contributed by atoms with Gasteiger partial charge >= 0.3 is 0 Å². The second-order valence-electron chi connectivity index (χ2n) is 5.17. The predicted octanol–water partition coefficient (Wildman–Crippen LogP) is 2.21. The molecule has 0 spiro atoms. The first-order valence-corrected chi connectivity index (χ1v) is 6.81. The van der Waals surface area contributed by atoms with Crippen LogP contribution in [0.25, 0.3) is 0 Å². The van der Waals surface area contributed by atoms with Gasteiger partial charge < -0.3 is 14.9 Å². The van der Waals surface area contributed by atoms with Crippen molar-refractivity contribution in [1.29, 1.82) is 0 Å². The lowest BCUT2D eigenvalue weighted by Gasteiger charge is -2.36. The van der Waals surface area contributed by atoms with Crippen molar-refractivity contribution in [3.63, 3.8) is 0 Å². The molecule has 0 radical (unpaired) electrons. The van der Waals surface area contributed by atoms with E-state index in [0.29, 0.717) is 17.6 Å². The first kappa shape index (κ1) is 14.2. The van der Waals surface area contributed by atoms with Gasteiger partial charge in [-0.15, -0.1) is 0 Å². The molecule has 1 fully saturated rings. The molecule has 0 bridgehead atoms. The molecule has 0 saturated carbocycles. The van der Waals surface area contributed by atoms with E-state index < -0.39 is 0 Å². The Morgan fingerprint density at radius 1 is 1.47 bits per heavy atom. The third kappa shape index (κ3) is 3.19. The number of hydrogen-bond acceptors (Lipinski definition) is 3. The number of halogens is 1. The van der Waals surface area contributed by atoms with Crippen LogP contribution in [0.1, 0.15) is 23.2 Å². The fourth-order valence-electron chi connectivity index (χ4n) is 2.41. The topological polar surface area (TPSA) is 43.8 Å². The van der Waals surface area contributed by atoms with E-state index in [-0.39, 0.29) is 17.2 Å². The zero-order chi connectivity index (χ0) is 14.0. The summed E-state index contributed by atoms with van der Waals surface area (Å²) in [5.74, 6) is -0.159. The summed E-state index contributed by atoms with van der Waals surface area (Å²) in [6.45, 7) is 1.42. The number of amides is 1. The normalized spacial score (nSPS) is 19.8. The molecule has 4 nitrogen and oxygen atoms in total. The largest absolute Gasteiger partial charge is 0.507 e. The number of benzene rings is 1. The van der Waals surface area contributed by atoms with Crippen LogP contribution >= 0.6 is 11.6 Å². The zero-order valence-electron chi connectivity index (χ0n) is 11.3. The summed E-state index contributed by atoms with van der Waals surface area (Å²) in [5, 5.41) is 10.3. The molecule has 0 aromatic heterocycles. The van der Waals surface area contributed by atoms with E-state index in [1.54, 1.807) is 11.0 Å². The number of phenolic OH excluding ortho intramolecular Hbond substituents is 1. The van der Waals surface area contributed by atoms with Gasteiger partial charge in [0.05, 0.1) is 5.56 Å². The third-order valence-corrected chi connectivity index (χ3v) is 3.84. The first-order valence-electron chi connectivity index (χ1n) is 6.43. The van der Waals surface area contributed by atoms with E-state index in [9.17, 15) is 9.90 Å². The molecule has 1 amide bonds. The molecule has 1 N–H and O–H groups in total.